The first-order chi connectivity index (χ1) is 15.6. The van der Waals surface area contributed by atoms with Gasteiger partial charge in [-0.1, -0.05) is 23.9 Å². The molecule has 0 spiro atoms. The molecule has 0 radical (unpaired) electrons. The van der Waals surface area contributed by atoms with E-state index < -0.39 is 10.0 Å². The summed E-state index contributed by atoms with van der Waals surface area (Å²) in [6, 6.07) is 12.7. The quantitative estimate of drug-likeness (QED) is 0.363. The summed E-state index contributed by atoms with van der Waals surface area (Å²) in [4.78, 5) is 30.3. The van der Waals surface area contributed by atoms with Gasteiger partial charge in [-0.3, -0.25) is 14.2 Å². The normalized spacial score (nSPS) is 12.8. The van der Waals surface area contributed by atoms with Gasteiger partial charge in [-0.25, -0.2) is 17.7 Å². The van der Waals surface area contributed by atoms with Gasteiger partial charge < -0.3 is 10.1 Å². The van der Waals surface area contributed by atoms with E-state index >= 15 is 0 Å². The van der Waals surface area contributed by atoms with Crippen molar-refractivity contribution < 1.29 is 17.9 Å². The Kier molecular flexibility index (Phi) is 7.90. The number of anilines is 1. The number of carbonyl (C=O) groups is 1. The molecular formula is C22H26N4O5S2. The monoisotopic (exact) mass is 490 g/mol. The molecule has 0 saturated carbocycles. The number of benzene rings is 2. The fourth-order valence-electron chi connectivity index (χ4n) is 3.18. The van der Waals surface area contributed by atoms with Gasteiger partial charge in [-0.15, -0.1) is 0 Å². The second kappa shape index (κ2) is 10.5. The number of para-hydroxylation sites is 1. The molecule has 33 heavy (non-hydrogen) atoms. The molecule has 1 amide bonds. The number of ether oxygens (including phenoxy) is 1. The molecule has 0 saturated heterocycles. The van der Waals surface area contributed by atoms with E-state index in [1.54, 1.807) is 35.9 Å². The number of carbonyl (C=O) groups excluding carboxylic acids is 1. The highest BCUT2D eigenvalue weighted by atomic mass is 32.2. The third-order valence-electron chi connectivity index (χ3n) is 4.87. The van der Waals surface area contributed by atoms with Crippen LogP contribution >= 0.6 is 11.8 Å². The minimum absolute atomic E-state index is 0.0161. The third-order valence-corrected chi connectivity index (χ3v) is 7.66. The van der Waals surface area contributed by atoms with Crippen LogP contribution in [0.3, 0.4) is 0 Å². The molecule has 3 rings (SSSR count). The first-order valence-electron chi connectivity index (χ1n) is 10.1. The van der Waals surface area contributed by atoms with Gasteiger partial charge in [0.1, 0.15) is 0 Å². The predicted octanol–water partition coefficient (Wildman–Crippen LogP) is 2.59. The Morgan fingerprint density at radius 3 is 2.48 bits per heavy atom. The number of sulfonamides is 1. The molecule has 1 atom stereocenters. The van der Waals surface area contributed by atoms with Crippen LogP contribution in [0.15, 0.2) is 63.4 Å². The van der Waals surface area contributed by atoms with Crippen LogP contribution in [0.5, 0.6) is 0 Å². The highest BCUT2D eigenvalue weighted by Gasteiger charge is 2.19. The van der Waals surface area contributed by atoms with E-state index in [9.17, 15) is 18.0 Å². The molecule has 176 valence electrons. The standard InChI is InChI=1S/C22H26N4O5S2/c1-15(13-31-4)26-21(28)18-7-5-6-8-19(18)24-22(26)32-14-20(27)23-16-9-11-17(12-10-16)33(29,30)25(2)3/h5-12,15H,13-14H2,1-4H3,(H,23,27). The van der Waals surface area contributed by atoms with Gasteiger partial charge in [0, 0.05) is 26.9 Å². The minimum atomic E-state index is -3.54. The zero-order valence-corrected chi connectivity index (χ0v) is 20.4. The summed E-state index contributed by atoms with van der Waals surface area (Å²) in [5.74, 6) is -0.293. The summed E-state index contributed by atoms with van der Waals surface area (Å²) >= 11 is 1.15. The molecule has 1 heterocycles. The van der Waals surface area contributed by atoms with E-state index in [0.29, 0.717) is 28.4 Å². The summed E-state index contributed by atoms with van der Waals surface area (Å²) in [5, 5.41) is 3.66. The van der Waals surface area contributed by atoms with Crippen LogP contribution in [0.2, 0.25) is 0 Å². The van der Waals surface area contributed by atoms with Crippen LogP contribution in [0.25, 0.3) is 10.9 Å². The molecule has 1 N–H and O–H groups in total. The Bertz CT molecular complexity index is 1300. The van der Waals surface area contributed by atoms with Crippen LogP contribution in [-0.2, 0) is 19.6 Å². The van der Waals surface area contributed by atoms with Gasteiger partial charge in [-0.2, -0.15) is 0 Å². The molecule has 1 unspecified atom stereocenters. The van der Waals surface area contributed by atoms with E-state index in [-0.39, 0.29) is 28.2 Å². The molecule has 0 aliphatic carbocycles. The van der Waals surface area contributed by atoms with Crippen LogP contribution < -0.4 is 10.9 Å². The lowest BCUT2D eigenvalue weighted by Gasteiger charge is -2.18. The van der Waals surface area contributed by atoms with Crippen molar-refractivity contribution in [2.45, 2.75) is 23.0 Å². The van der Waals surface area contributed by atoms with Gasteiger partial charge >= 0.3 is 0 Å². The van der Waals surface area contributed by atoms with Gasteiger partial charge in [0.2, 0.25) is 15.9 Å². The highest BCUT2D eigenvalue weighted by molar-refractivity contribution is 7.99. The Labute approximate surface area is 196 Å². The first-order valence-corrected chi connectivity index (χ1v) is 12.5. The molecule has 3 aromatic rings. The van der Waals surface area contributed by atoms with E-state index in [1.807, 2.05) is 6.92 Å². The number of rotatable bonds is 9. The third kappa shape index (κ3) is 5.61. The van der Waals surface area contributed by atoms with Crippen molar-refractivity contribution in [3.63, 3.8) is 0 Å². The average Bonchev–Trinajstić information content (AvgIpc) is 2.78. The number of methoxy groups -OCH3 is 1. The van der Waals surface area contributed by atoms with E-state index in [2.05, 4.69) is 10.3 Å². The SMILES string of the molecule is COCC(C)n1c(SCC(=O)Nc2ccc(S(=O)(=O)N(C)C)cc2)nc2ccccc2c1=O. The molecule has 11 heteroatoms. The van der Waals surface area contributed by atoms with Gasteiger partial charge in [0.25, 0.3) is 5.56 Å². The maximum Gasteiger partial charge on any atom is 0.262 e. The van der Waals surface area contributed by atoms with Crippen molar-refractivity contribution in [2.75, 3.05) is 38.9 Å². The van der Waals surface area contributed by atoms with Crippen molar-refractivity contribution in [3.8, 4) is 0 Å². The van der Waals surface area contributed by atoms with Crippen molar-refractivity contribution in [1.29, 1.82) is 0 Å². The Balaban J connectivity index is 1.78. The lowest BCUT2D eigenvalue weighted by Crippen LogP contribution is -2.29. The van der Waals surface area contributed by atoms with Crippen LogP contribution in [0.4, 0.5) is 5.69 Å². The smallest absolute Gasteiger partial charge is 0.262 e. The Morgan fingerprint density at radius 1 is 1.18 bits per heavy atom. The Morgan fingerprint density at radius 2 is 1.85 bits per heavy atom. The van der Waals surface area contributed by atoms with Crippen LogP contribution in [-0.4, -0.2) is 61.7 Å². The molecule has 0 fully saturated rings. The van der Waals surface area contributed by atoms with Crippen molar-refractivity contribution in [1.82, 2.24) is 13.9 Å². The zero-order chi connectivity index (χ0) is 24.2. The highest BCUT2D eigenvalue weighted by Crippen LogP contribution is 2.22. The minimum Gasteiger partial charge on any atom is -0.383 e. The summed E-state index contributed by atoms with van der Waals surface area (Å²) in [6.45, 7) is 2.18. The largest absolute Gasteiger partial charge is 0.383 e. The fourth-order valence-corrected chi connectivity index (χ4v) is 4.98. The molecular weight excluding hydrogens is 464 g/mol. The molecule has 2 aromatic carbocycles. The zero-order valence-electron chi connectivity index (χ0n) is 18.8. The van der Waals surface area contributed by atoms with E-state index in [4.69, 9.17) is 4.74 Å². The molecule has 0 aliphatic heterocycles. The summed E-state index contributed by atoms with van der Waals surface area (Å²) in [6.07, 6.45) is 0. The van der Waals surface area contributed by atoms with E-state index in [1.165, 1.54) is 38.4 Å². The predicted molar refractivity (Wildman–Crippen MR) is 129 cm³/mol. The molecule has 1 aromatic heterocycles. The molecule has 0 bridgehead atoms. The lowest BCUT2D eigenvalue weighted by molar-refractivity contribution is -0.113. The number of amides is 1. The van der Waals surface area contributed by atoms with Crippen molar-refractivity contribution in [3.05, 3.63) is 58.9 Å². The maximum atomic E-state index is 13.1. The number of aromatic nitrogens is 2. The summed E-state index contributed by atoms with van der Waals surface area (Å²) in [7, 11) is 0.927. The second-order valence-corrected chi connectivity index (χ2v) is 10.6. The van der Waals surface area contributed by atoms with Crippen molar-refractivity contribution >= 4 is 44.3 Å². The first kappa shape index (κ1) is 24.9. The maximum absolute atomic E-state index is 13.1. The van der Waals surface area contributed by atoms with Gasteiger partial charge in [0.15, 0.2) is 5.16 Å². The number of thioether (sulfide) groups is 1. The number of hydrogen-bond acceptors (Lipinski definition) is 7. The van der Waals surface area contributed by atoms with Crippen LogP contribution in [0.1, 0.15) is 13.0 Å². The second-order valence-electron chi connectivity index (χ2n) is 7.54. The molecule has 0 aliphatic rings. The summed E-state index contributed by atoms with van der Waals surface area (Å²) in [5.41, 5.74) is 0.838. The fraction of sp³-hybridized carbons (Fsp3) is 0.318. The van der Waals surface area contributed by atoms with Crippen molar-refractivity contribution in [2.24, 2.45) is 0 Å². The van der Waals surface area contributed by atoms with Crippen LogP contribution in [0, 0.1) is 0 Å². The Hall–Kier alpha value is -2.73. The summed E-state index contributed by atoms with van der Waals surface area (Å²) < 4.78 is 32.2. The number of nitrogens with one attached hydrogen (secondary N) is 1. The average molecular weight is 491 g/mol. The topological polar surface area (TPSA) is 111 Å². The van der Waals surface area contributed by atoms with Gasteiger partial charge in [-0.05, 0) is 43.3 Å². The molecule has 9 nitrogen and oxygen atoms in total. The number of fused-ring (bicyclic) bond motifs is 1. The van der Waals surface area contributed by atoms with Gasteiger partial charge in [0.05, 0.1) is 34.2 Å². The number of hydrogen-bond donors (Lipinski definition) is 1. The van der Waals surface area contributed by atoms with E-state index in [0.717, 1.165) is 16.1 Å². The lowest BCUT2D eigenvalue weighted by atomic mass is 10.2. The number of nitrogens with zero attached hydrogens (tertiary/aromatic N) is 3.